The zero-order valence-electron chi connectivity index (χ0n) is 11.6. The molecule has 1 aromatic rings. The summed E-state index contributed by atoms with van der Waals surface area (Å²) in [6, 6.07) is 0. The quantitative estimate of drug-likeness (QED) is 0.890. The Bertz CT molecular complexity index is 434. The second kappa shape index (κ2) is 4.85. The largest absolute Gasteiger partial charge is 0.381 e. The molecule has 2 saturated heterocycles. The lowest BCUT2D eigenvalue weighted by molar-refractivity contribution is -0.101. The molecule has 1 N–H and O–H groups in total. The van der Waals surface area contributed by atoms with Crippen molar-refractivity contribution >= 4 is 0 Å². The van der Waals surface area contributed by atoms with E-state index in [1.807, 2.05) is 0 Å². The van der Waals surface area contributed by atoms with Crippen molar-refractivity contribution in [2.24, 2.45) is 0 Å². The fourth-order valence-corrected chi connectivity index (χ4v) is 2.93. The first-order chi connectivity index (χ1) is 9.19. The van der Waals surface area contributed by atoms with Gasteiger partial charge in [-0.3, -0.25) is 0 Å². The first-order valence-electron chi connectivity index (χ1n) is 6.91. The van der Waals surface area contributed by atoms with Crippen LogP contribution in [0, 0.1) is 0 Å². The molecule has 0 spiro atoms. The molecule has 3 rings (SSSR count). The maximum Gasteiger partial charge on any atom is 0.246 e. The van der Waals surface area contributed by atoms with Crippen LogP contribution in [0.5, 0.6) is 0 Å². The maximum absolute atomic E-state index is 5.69. The molecule has 0 bridgehead atoms. The lowest BCUT2D eigenvalue weighted by Gasteiger charge is -2.32. The van der Waals surface area contributed by atoms with Crippen molar-refractivity contribution in [3.8, 4) is 0 Å². The average Bonchev–Trinajstić information content (AvgIpc) is 3.09. The van der Waals surface area contributed by atoms with E-state index in [2.05, 4.69) is 22.4 Å². The molecule has 2 fully saturated rings. The molecule has 2 aliphatic heterocycles. The summed E-state index contributed by atoms with van der Waals surface area (Å²) in [5.74, 6) is 1.33. The summed E-state index contributed by atoms with van der Waals surface area (Å²) >= 11 is 0. The Morgan fingerprint density at radius 2 is 2.05 bits per heavy atom. The summed E-state index contributed by atoms with van der Waals surface area (Å²) < 4.78 is 16.6. The van der Waals surface area contributed by atoms with Crippen LogP contribution >= 0.6 is 0 Å². The van der Waals surface area contributed by atoms with Crippen LogP contribution in [0.3, 0.4) is 0 Å². The third-order valence-corrected chi connectivity index (χ3v) is 4.37. The highest BCUT2D eigenvalue weighted by Gasteiger charge is 2.42. The van der Waals surface area contributed by atoms with Gasteiger partial charge in [0.1, 0.15) is 5.60 Å². The SMILES string of the molecule is COC1(c2noc(C3(C)CCCN3)n2)CCOCC1. The summed E-state index contributed by atoms with van der Waals surface area (Å²) in [5, 5.41) is 7.60. The lowest BCUT2D eigenvalue weighted by atomic mass is 9.93. The van der Waals surface area contributed by atoms with E-state index in [1.54, 1.807) is 7.11 Å². The number of nitrogens with zero attached hydrogens (tertiary/aromatic N) is 2. The molecule has 1 unspecified atom stereocenters. The highest BCUT2D eigenvalue weighted by molar-refractivity contribution is 5.09. The molecular formula is C13H21N3O3. The summed E-state index contributed by atoms with van der Waals surface area (Å²) in [5.41, 5.74) is -0.639. The van der Waals surface area contributed by atoms with E-state index in [0.29, 0.717) is 24.9 Å². The molecule has 3 heterocycles. The van der Waals surface area contributed by atoms with Gasteiger partial charge in [0.25, 0.3) is 0 Å². The van der Waals surface area contributed by atoms with E-state index in [4.69, 9.17) is 14.0 Å². The third-order valence-electron chi connectivity index (χ3n) is 4.37. The molecule has 106 valence electrons. The number of methoxy groups -OCH3 is 1. The Morgan fingerprint density at radius 1 is 1.26 bits per heavy atom. The predicted octanol–water partition coefficient (Wildman–Crippen LogP) is 1.32. The minimum absolute atomic E-state index is 0.189. The van der Waals surface area contributed by atoms with Crippen molar-refractivity contribution in [2.75, 3.05) is 26.9 Å². The van der Waals surface area contributed by atoms with Gasteiger partial charge in [0.2, 0.25) is 11.7 Å². The van der Waals surface area contributed by atoms with Crippen LogP contribution in [0.15, 0.2) is 4.52 Å². The van der Waals surface area contributed by atoms with E-state index in [0.717, 1.165) is 32.2 Å². The average molecular weight is 267 g/mol. The Hall–Kier alpha value is -0.980. The molecule has 0 saturated carbocycles. The Morgan fingerprint density at radius 3 is 2.68 bits per heavy atom. The van der Waals surface area contributed by atoms with Crippen molar-refractivity contribution in [3.05, 3.63) is 11.7 Å². The number of rotatable bonds is 3. The highest BCUT2D eigenvalue weighted by Crippen LogP contribution is 2.36. The third kappa shape index (κ3) is 2.17. The molecule has 6 heteroatoms. The molecule has 0 radical (unpaired) electrons. The van der Waals surface area contributed by atoms with Crippen LogP contribution < -0.4 is 5.32 Å². The fraction of sp³-hybridized carbons (Fsp3) is 0.846. The second-order valence-electron chi connectivity index (χ2n) is 5.60. The fourth-order valence-electron chi connectivity index (χ4n) is 2.93. The Labute approximate surface area is 112 Å². The normalized spacial score (nSPS) is 30.6. The van der Waals surface area contributed by atoms with E-state index in [-0.39, 0.29) is 5.54 Å². The topological polar surface area (TPSA) is 69.4 Å². The summed E-state index contributed by atoms with van der Waals surface area (Å²) in [4.78, 5) is 4.61. The van der Waals surface area contributed by atoms with Crippen molar-refractivity contribution in [1.29, 1.82) is 0 Å². The van der Waals surface area contributed by atoms with Crippen LogP contribution in [-0.4, -0.2) is 37.0 Å². The van der Waals surface area contributed by atoms with Crippen LogP contribution in [0.1, 0.15) is 44.3 Å². The molecule has 0 amide bonds. The van der Waals surface area contributed by atoms with Crippen molar-refractivity contribution in [2.45, 2.75) is 43.7 Å². The zero-order chi connectivity index (χ0) is 13.3. The van der Waals surface area contributed by atoms with Gasteiger partial charge in [-0.15, -0.1) is 0 Å². The van der Waals surface area contributed by atoms with Gasteiger partial charge in [0, 0.05) is 33.2 Å². The number of ether oxygens (including phenoxy) is 2. The summed E-state index contributed by atoms with van der Waals surface area (Å²) in [6.07, 6.45) is 3.70. The van der Waals surface area contributed by atoms with E-state index < -0.39 is 5.60 Å². The van der Waals surface area contributed by atoms with E-state index in [9.17, 15) is 0 Å². The molecule has 2 aliphatic rings. The number of hydrogen-bond donors (Lipinski definition) is 1. The Balaban J connectivity index is 1.87. The molecule has 1 aromatic heterocycles. The van der Waals surface area contributed by atoms with Crippen LogP contribution in [0.2, 0.25) is 0 Å². The van der Waals surface area contributed by atoms with Gasteiger partial charge in [0.15, 0.2) is 0 Å². The van der Waals surface area contributed by atoms with Gasteiger partial charge in [-0.25, -0.2) is 0 Å². The summed E-state index contributed by atoms with van der Waals surface area (Å²) in [6.45, 7) is 4.46. The molecule has 19 heavy (non-hydrogen) atoms. The van der Waals surface area contributed by atoms with Gasteiger partial charge in [-0.2, -0.15) is 4.98 Å². The highest BCUT2D eigenvalue weighted by atomic mass is 16.5. The van der Waals surface area contributed by atoms with Gasteiger partial charge < -0.3 is 19.3 Å². The van der Waals surface area contributed by atoms with Gasteiger partial charge in [0.05, 0.1) is 5.54 Å². The standard InChI is InChI=1S/C13H21N3O3/c1-12(4-3-7-14-12)11-15-10(16-19-11)13(17-2)5-8-18-9-6-13/h14H,3-9H2,1-2H3. The van der Waals surface area contributed by atoms with Gasteiger partial charge >= 0.3 is 0 Å². The minimum atomic E-state index is -0.449. The second-order valence-corrected chi connectivity index (χ2v) is 5.60. The number of hydrogen-bond acceptors (Lipinski definition) is 6. The smallest absolute Gasteiger partial charge is 0.246 e. The van der Waals surface area contributed by atoms with Crippen molar-refractivity contribution in [1.82, 2.24) is 15.5 Å². The minimum Gasteiger partial charge on any atom is -0.381 e. The first kappa shape index (κ1) is 13.0. The van der Waals surface area contributed by atoms with Crippen molar-refractivity contribution in [3.63, 3.8) is 0 Å². The maximum atomic E-state index is 5.69. The van der Waals surface area contributed by atoms with E-state index in [1.165, 1.54) is 0 Å². The van der Waals surface area contributed by atoms with Gasteiger partial charge in [-0.05, 0) is 26.3 Å². The van der Waals surface area contributed by atoms with Crippen LogP contribution in [0.4, 0.5) is 0 Å². The predicted molar refractivity (Wildman–Crippen MR) is 67.6 cm³/mol. The molecular weight excluding hydrogens is 246 g/mol. The lowest BCUT2D eigenvalue weighted by Crippen LogP contribution is -2.37. The van der Waals surface area contributed by atoms with Gasteiger partial charge in [-0.1, -0.05) is 5.16 Å². The van der Waals surface area contributed by atoms with Crippen molar-refractivity contribution < 1.29 is 14.0 Å². The monoisotopic (exact) mass is 267 g/mol. The zero-order valence-corrected chi connectivity index (χ0v) is 11.6. The molecule has 0 aliphatic carbocycles. The van der Waals surface area contributed by atoms with Crippen LogP contribution in [-0.2, 0) is 20.6 Å². The number of aromatic nitrogens is 2. The first-order valence-corrected chi connectivity index (χ1v) is 6.91. The molecule has 6 nitrogen and oxygen atoms in total. The molecule has 1 atom stereocenters. The Kier molecular flexibility index (Phi) is 3.32. The van der Waals surface area contributed by atoms with Crippen LogP contribution in [0.25, 0.3) is 0 Å². The number of nitrogens with one attached hydrogen (secondary N) is 1. The summed E-state index contributed by atoms with van der Waals surface area (Å²) in [7, 11) is 1.71. The molecule has 0 aromatic carbocycles. The van der Waals surface area contributed by atoms with E-state index >= 15 is 0 Å².